The van der Waals surface area contributed by atoms with Gasteiger partial charge in [-0.2, -0.15) is 0 Å². The molecule has 2 rings (SSSR count). The number of hydrogen-bond donors (Lipinski definition) is 1. The molecule has 0 aliphatic carbocycles. The fourth-order valence-electron chi connectivity index (χ4n) is 1.63. The van der Waals surface area contributed by atoms with Gasteiger partial charge in [0.1, 0.15) is 5.15 Å². The van der Waals surface area contributed by atoms with Crippen molar-refractivity contribution in [1.82, 2.24) is 4.98 Å². The van der Waals surface area contributed by atoms with E-state index in [1.165, 1.54) is 12.1 Å². The van der Waals surface area contributed by atoms with Crippen LogP contribution in [0.4, 0.5) is 5.69 Å². The summed E-state index contributed by atoms with van der Waals surface area (Å²) in [6, 6.07) is 2.71. The molecule has 1 amide bonds. The molecular formula is C14H5Cl7N2O3. The zero-order chi connectivity index (χ0) is 19.6. The third kappa shape index (κ3) is 4.98. The SMILES string of the molecule is O=C(COC(=O)c1nc(Cl)c(Cl)c(Cl)c1Cl)Nc1cc(Cl)c(Cl)cc1Cl. The number of nitrogens with zero attached hydrogens (tertiary/aromatic N) is 1. The lowest BCUT2D eigenvalue weighted by Gasteiger charge is -2.10. The van der Waals surface area contributed by atoms with Crippen LogP contribution in [0, 0.1) is 0 Å². The maximum Gasteiger partial charge on any atom is 0.359 e. The molecule has 138 valence electrons. The molecule has 2 aromatic rings. The Balaban J connectivity index is 2.06. The fourth-order valence-corrected chi connectivity index (χ4v) is 3.03. The van der Waals surface area contributed by atoms with Crippen LogP contribution in [0.15, 0.2) is 12.1 Å². The molecule has 0 spiro atoms. The van der Waals surface area contributed by atoms with E-state index >= 15 is 0 Å². The summed E-state index contributed by atoms with van der Waals surface area (Å²) in [5.74, 6) is -1.72. The minimum atomic E-state index is -1.02. The van der Waals surface area contributed by atoms with Crippen LogP contribution in [0.3, 0.4) is 0 Å². The summed E-state index contributed by atoms with van der Waals surface area (Å²) in [5, 5.41) is 2.22. The maximum atomic E-state index is 12.0. The first-order chi connectivity index (χ1) is 12.1. The molecule has 0 unspecified atom stereocenters. The van der Waals surface area contributed by atoms with Crippen LogP contribution in [0.25, 0.3) is 0 Å². The van der Waals surface area contributed by atoms with Gasteiger partial charge in [0.25, 0.3) is 5.91 Å². The lowest BCUT2D eigenvalue weighted by molar-refractivity contribution is -0.119. The summed E-state index contributed by atoms with van der Waals surface area (Å²) in [6.07, 6.45) is 0. The molecule has 26 heavy (non-hydrogen) atoms. The monoisotopic (exact) mass is 494 g/mol. The second-order valence-electron chi connectivity index (χ2n) is 4.56. The third-order valence-corrected chi connectivity index (χ3v) is 5.51. The summed E-state index contributed by atoms with van der Waals surface area (Å²) in [7, 11) is 0. The van der Waals surface area contributed by atoms with E-state index in [9.17, 15) is 9.59 Å². The second kappa shape index (κ2) is 9.02. The first-order valence-corrected chi connectivity index (χ1v) is 9.08. The number of rotatable bonds is 4. The normalized spacial score (nSPS) is 10.6. The van der Waals surface area contributed by atoms with E-state index in [-0.39, 0.29) is 46.7 Å². The number of hydrogen-bond acceptors (Lipinski definition) is 4. The largest absolute Gasteiger partial charge is 0.451 e. The zero-order valence-corrected chi connectivity index (χ0v) is 17.5. The van der Waals surface area contributed by atoms with Crippen molar-refractivity contribution < 1.29 is 14.3 Å². The molecule has 0 bridgehead atoms. The highest BCUT2D eigenvalue weighted by molar-refractivity contribution is 6.52. The van der Waals surface area contributed by atoms with Crippen LogP contribution in [0.2, 0.25) is 35.3 Å². The Labute approximate surface area is 182 Å². The molecule has 12 heteroatoms. The maximum absolute atomic E-state index is 12.0. The molecule has 0 aliphatic heterocycles. The highest BCUT2D eigenvalue weighted by atomic mass is 35.5. The Hall–Kier alpha value is -0.660. The number of esters is 1. The van der Waals surface area contributed by atoms with Gasteiger partial charge in [-0.05, 0) is 12.1 Å². The Morgan fingerprint density at radius 3 is 2.15 bits per heavy atom. The Morgan fingerprint density at radius 1 is 0.885 bits per heavy atom. The summed E-state index contributed by atoms with van der Waals surface area (Å²) >= 11 is 40.8. The van der Waals surface area contributed by atoms with Gasteiger partial charge < -0.3 is 10.1 Å². The molecule has 0 aliphatic rings. The molecular weight excluding hydrogens is 492 g/mol. The lowest BCUT2D eigenvalue weighted by atomic mass is 10.3. The van der Waals surface area contributed by atoms with Crippen molar-refractivity contribution in [3.05, 3.63) is 53.1 Å². The van der Waals surface area contributed by atoms with Crippen LogP contribution in [0.1, 0.15) is 10.5 Å². The molecule has 5 nitrogen and oxygen atoms in total. The average molecular weight is 497 g/mol. The Bertz CT molecular complexity index is 905. The van der Waals surface area contributed by atoms with E-state index in [1.54, 1.807) is 0 Å². The van der Waals surface area contributed by atoms with E-state index in [0.29, 0.717) is 0 Å². The molecule has 1 aromatic carbocycles. The summed E-state index contributed by atoms with van der Waals surface area (Å²) in [4.78, 5) is 27.6. The molecule has 0 fully saturated rings. The number of nitrogens with one attached hydrogen (secondary N) is 1. The lowest BCUT2D eigenvalue weighted by Crippen LogP contribution is -2.21. The van der Waals surface area contributed by atoms with Gasteiger partial charge in [0.15, 0.2) is 12.3 Å². The number of aromatic nitrogens is 1. The number of carbonyl (C=O) groups is 2. The zero-order valence-electron chi connectivity index (χ0n) is 12.2. The van der Waals surface area contributed by atoms with Crippen molar-refractivity contribution >= 4 is 98.8 Å². The van der Waals surface area contributed by atoms with E-state index in [0.717, 1.165) is 0 Å². The standard InChI is InChI=1S/C14H5Cl7N2O3/c15-4-1-6(17)7(2-5(4)16)22-8(24)3-26-14(25)12-10(19)9(18)11(20)13(21)23-12/h1-2H,3H2,(H,22,24). The van der Waals surface area contributed by atoms with Crippen molar-refractivity contribution in [2.75, 3.05) is 11.9 Å². The Morgan fingerprint density at radius 2 is 1.50 bits per heavy atom. The highest BCUT2D eigenvalue weighted by Gasteiger charge is 2.22. The number of anilines is 1. The quantitative estimate of drug-likeness (QED) is 0.300. The van der Waals surface area contributed by atoms with Gasteiger partial charge in [-0.3, -0.25) is 4.79 Å². The number of halogens is 7. The highest BCUT2D eigenvalue weighted by Crippen LogP contribution is 2.36. The Kier molecular flexibility index (Phi) is 7.51. The summed E-state index contributed by atoms with van der Waals surface area (Å²) in [6.45, 7) is -0.661. The first-order valence-electron chi connectivity index (χ1n) is 6.43. The van der Waals surface area contributed by atoms with Crippen LogP contribution in [0.5, 0.6) is 0 Å². The number of amides is 1. The van der Waals surface area contributed by atoms with Crippen LogP contribution >= 0.6 is 81.2 Å². The van der Waals surface area contributed by atoms with Crippen molar-refractivity contribution in [3.8, 4) is 0 Å². The third-order valence-electron chi connectivity index (χ3n) is 2.80. The topological polar surface area (TPSA) is 68.3 Å². The molecule has 0 saturated heterocycles. The second-order valence-corrected chi connectivity index (χ2v) is 7.28. The van der Waals surface area contributed by atoms with Crippen LogP contribution in [-0.4, -0.2) is 23.5 Å². The van der Waals surface area contributed by atoms with Crippen molar-refractivity contribution in [1.29, 1.82) is 0 Å². The predicted octanol–water partition coefficient (Wildman–Crippen LogP) is 6.45. The van der Waals surface area contributed by atoms with Gasteiger partial charge in [0.05, 0.1) is 35.8 Å². The van der Waals surface area contributed by atoms with Crippen molar-refractivity contribution in [3.63, 3.8) is 0 Å². The first kappa shape index (κ1) is 21.6. The minimum Gasteiger partial charge on any atom is -0.451 e. The van der Waals surface area contributed by atoms with Gasteiger partial charge in [-0.15, -0.1) is 0 Å². The summed E-state index contributed by atoms with van der Waals surface area (Å²) < 4.78 is 4.83. The van der Waals surface area contributed by atoms with E-state index in [1.807, 2.05) is 0 Å². The van der Waals surface area contributed by atoms with E-state index in [4.69, 9.17) is 85.9 Å². The smallest absolute Gasteiger partial charge is 0.359 e. The van der Waals surface area contributed by atoms with Crippen LogP contribution < -0.4 is 5.32 Å². The minimum absolute atomic E-state index is 0.109. The number of carbonyl (C=O) groups excluding carboxylic acids is 2. The number of pyridine rings is 1. The molecule has 0 atom stereocenters. The van der Waals surface area contributed by atoms with Gasteiger partial charge in [0.2, 0.25) is 0 Å². The number of benzene rings is 1. The average Bonchev–Trinajstić information content (AvgIpc) is 2.58. The van der Waals surface area contributed by atoms with Gasteiger partial charge in [-0.25, -0.2) is 9.78 Å². The molecule has 1 heterocycles. The predicted molar refractivity (Wildman–Crippen MR) is 105 cm³/mol. The molecule has 0 saturated carbocycles. The number of ether oxygens (including phenoxy) is 1. The van der Waals surface area contributed by atoms with Crippen molar-refractivity contribution in [2.45, 2.75) is 0 Å². The molecule has 0 radical (unpaired) electrons. The van der Waals surface area contributed by atoms with Crippen molar-refractivity contribution in [2.24, 2.45) is 0 Å². The van der Waals surface area contributed by atoms with Gasteiger partial charge >= 0.3 is 5.97 Å². The van der Waals surface area contributed by atoms with Crippen LogP contribution in [-0.2, 0) is 9.53 Å². The summed E-state index contributed by atoms with van der Waals surface area (Å²) in [5.41, 5.74) is -0.192. The van der Waals surface area contributed by atoms with Gasteiger partial charge in [0, 0.05) is 0 Å². The molecule has 1 aromatic heterocycles. The fraction of sp³-hybridized carbons (Fsp3) is 0.0714. The van der Waals surface area contributed by atoms with E-state index in [2.05, 4.69) is 10.3 Å². The van der Waals surface area contributed by atoms with Gasteiger partial charge in [-0.1, -0.05) is 81.2 Å². The van der Waals surface area contributed by atoms with E-state index < -0.39 is 18.5 Å². The molecule has 1 N–H and O–H groups in total.